The van der Waals surface area contributed by atoms with Gasteiger partial charge in [0.05, 0.1) is 38.0 Å². The van der Waals surface area contributed by atoms with Crippen LogP contribution in [0.15, 0.2) is 60.9 Å². The van der Waals surface area contributed by atoms with Crippen molar-refractivity contribution in [1.82, 2.24) is 14.9 Å². The maximum Gasteiger partial charge on any atom is 0.410 e. The molecule has 2 unspecified atom stereocenters. The van der Waals surface area contributed by atoms with Gasteiger partial charge in [-0.1, -0.05) is 48.5 Å². The van der Waals surface area contributed by atoms with E-state index in [4.69, 9.17) is 14.2 Å². The lowest BCUT2D eigenvalue weighted by Crippen LogP contribution is -2.62. The fraction of sp³-hybridized carbons (Fsp3) is 0.370. The first-order chi connectivity index (χ1) is 17.1. The summed E-state index contributed by atoms with van der Waals surface area (Å²) >= 11 is 0. The zero-order valence-corrected chi connectivity index (χ0v) is 19.5. The average Bonchev–Trinajstić information content (AvgIpc) is 3.20. The fourth-order valence-corrected chi connectivity index (χ4v) is 5.84. The minimum atomic E-state index is -1.15. The monoisotopic (exact) mass is 473 g/mol. The molecule has 0 saturated carbocycles. The standard InChI is InChI=1S/C27H27N3O5/c1-33-25-28-12-17(13-29-25)27(32)10-18-14-34-15-19(11-27)30(18)26(31)35-16-24-22-8-4-2-6-20(22)21-7-3-5-9-23(21)24/h2-9,12-13,18-19,24,32H,10-11,14-16H2,1H3. The van der Waals surface area contributed by atoms with Crippen LogP contribution in [-0.4, -0.2) is 65.1 Å². The summed E-state index contributed by atoms with van der Waals surface area (Å²) in [6, 6.07) is 16.2. The predicted molar refractivity (Wildman–Crippen MR) is 127 cm³/mol. The number of carbonyl (C=O) groups excluding carboxylic acids is 1. The SMILES string of the molecule is COc1ncc(C2(O)CC3COCC(C2)N3C(=O)OCC2c3ccccc3-c3ccccc32)cn1. The molecular weight excluding hydrogens is 446 g/mol. The van der Waals surface area contributed by atoms with Gasteiger partial charge in [-0.05, 0) is 22.3 Å². The van der Waals surface area contributed by atoms with Gasteiger partial charge in [0.25, 0.3) is 0 Å². The number of hydrogen-bond acceptors (Lipinski definition) is 7. The highest BCUT2D eigenvalue weighted by Gasteiger charge is 2.50. The molecule has 2 aromatic carbocycles. The van der Waals surface area contributed by atoms with Crippen LogP contribution >= 0.6 is 0 Å². The van der Waals surface area contributed by atoms with E-state index in [9.17, 15) is 9.90 Å². The molecular formula is C27H27N3O5. The van der Waals surface area contributed by atoms with Crippen molar-refractivity contribution in [3.8, 4) is 17.1 Å². The summed E-state index contributed by atoms with van der Waals surface area (Å²) in [6.45, 7) is 0.959. The maximum absolute atomic E-state index is 13.3. The molecule has 0 radical (unpaired) electrons. The number of ether oxygens (including phenoxy) is 3. The van der Waals surface area contributed by atoms with Crippen LogP contribution in [0.2, 0.25) is 0 Å². The summed E-state index contributed by atoms with van der Waals surface area (Å²) in [6.07, 6.45) is 3.46. The molecule has 1 aromatic heterocycles. The molecule has 3 heterocycles. The minimum absolute atomic E-state index is 0.000566. The molecule has 1 amide bonds. The number of nitrogens with zero attached hydrogens (tertiary/aromatic N) is 3. The summed E-state index contributed by atoms with van der Waals surface area (Å²) in [5, 5.41) is 11.5. The van der Waals surface area contributed by atoms with Crippen LogP contribution in [0.5, 0.6) is 6.01 Å². The fourth-order valence-electron chi connectivity index (χ4n) is 5.84. The molecule has 6 rings (SSSR count). The van der Waals surface area contributed by atoms with Gasteiger partial charge in [0.15, 0.2) is 0 Å². The first-order valence-corrected chi connectivity index (χ1v) is 11.9. The molecule has 2 bridgehead atoms. The number of piperidine rings is 1. The van der Waals surface area contributed by atoms with E-state index in [0.717, 1.165) is 0 Å². The Morgan fingerprint density at radius 3 is 2.17 bits per heavy atom. The van der Waals surface area contributed by atoms with Gasteiger partial charge in [-0.15, -0.1) is 0 Å². The molecule has 3 aromatic rings. The number of benzene rings is 2. The average molecular weight is 474 g/mol. The van der Waals surface area contributed by atoms with E-state index < -0.39 is 5.60 Å². The lowest BCUT2D eigenvalue weighted by atomic mass is 9.78. The summed E-state index contributed by atoms with van der Waals surface area (Å²) in [7, 11) is 1.50. The van der Waals surface area contributed by atoms with Gasteiger partial charge in [0.2, 0.25) is 0 Å². The highest BCUT2D eigenvalue weighted by Crippen LogP contribution is 2.45. The Hall–Kier alpha value is -3.49. The second kappa shape index (κ2) is 8.62. The van der Waals surface area contributed by atoms with E-state index in [1.165, 1.54) is 29.4 Å². The van der Waals surface area contributed by atoms with Gasteiger partial charge in [-0.2, -0.15) is 0 Å². The lowest BCUT2D eigenvalue weighted by Gasteiger charge is -2.50. The van der Waals surface area contributed by atoms with Crippen molar-refractivity contribution >= 4 is 6.09 Å². The van der Waals surface area contributed by atoms with E-state index in [0.29, 0.717) is 31.6 Å². The van der Waals surface area contributed by atoms with Crippen molar-refractivity contribution in [1.29, 1.82) is 0 Å². The maximum atomic E-state index is 13.3. The molecule has 35 heavy (non-hydrogen) atoms. The van der Waals surface area contributed by atoms with Gasteiger partial charge in [-0.3, -0.25) is 4.90 Å². The second-order valence-electron chi connectivity index (χ2n) is 9.45. The third-order valence-electron chi connectivity index (χ3n) is 7.45. The van der Waals surface area contributed by atoms with Crippen molar-refractivity contribution in [3.63, 3.8) is 0 Å². The zero-order valence-electron chi connectivity index (χ0n) is 19.5. The number of methoxy groups -OCH3 is 1. The Morgan fingerprint density at radius 2 is 1.60 bits per heavy atom. The van der Waals surface area contributed by atoms with Gasteiger partial charge in [0, 0.05) is 36.7 Å². The third kappa shape index (κ3) is 3.73. The number of hydrogen-bond donors (Lipinski definition) is 1. The number of rotatable bonds is 4. The summed E-state index contributed by atoms with van der Waals surface area (Å²) in [4.78, 5) is 23.4. The topological polar surface area (TPSA) is 94.0 Å². The number of morpholine rings is 1. The van der Waals surface area contributed by atoms with Crippen LogP contribution in [-0.2, 0) is 15.1 Å². The normalized spacial score (nSPS) is 25.0. The Morgan fingerprint density at radius 1 is 1.03 bits per heavy atom. The molecule has 8 heteroatoms. The van der Waals surface area contributed by atoms with Crippen molar-refractivity contribution in [2.75, 3.05) is 26.9 Å². The van der Waals surface area contributed by atoms with Crippen LogP contribution in [0.3, 0.4) is 0 Å². The molecule has 2 aliphatic heterocycles. The molecule has 2 saturated heterocycles. The predicted octanol–water partition coefficient (Wildman–Crippen LogP) is 3.49. The number of aliphatic hydroxyl groups is 1. The van der Waals surface area contributed by atoms with Gasteiger partial charge in [-0.25, -0.2) is 14.8 Å². The minimum Gasteiger partial charge on any atom is -0.467 e. The molecule has 1 N–H and O–H groups in total. The first-order valence-electron chi connectivity index (χ1n) is 11.9. The summed E-state index contributed by atoms with van der Waals surface area (Å²) in [5.41, 5.74) is 4.21. The largest absolute Gasteiger partial charge is 0.467 e. The van der Waals surface area contributed by atoms with Gasteiger partial charge < -0.3 is 19.3 Å². The van der Waals surface area contributed by atoms with E-state index in [2.05, 4.69) is 34.2 Å². The Labute approximate surface area is 203 Å². The first kappa shape index (κ1) is 22.0. The van der Waals surface area contributed by atoms with Crippen LogP contribution in [0.4, 0.5) is 4.79 Å². The van der Waals surface area contributed by atoms with Crippen molar-refractivity contribution in [2.24, 2.45) is 0 Å². The lowest BCUT2D eigenvalue weighted by molar-refractivity contribution is -0.136. The molecule has 2 atom stereocenters. The second-order valence-corrected chi connectivity index (χ2v) is 9.45. The van der Waals surface area contributed by atoms with E-state index >= 15 is 0 Å². The van der Waals surface area contributed by atoms with E-state index in [-0.39, 0.29) is 36.7 Å². The summed E-state index contributed by atoms with van der Waals surface area (Å²) in [5.74, 6) is 0.000566. The Balaban J connectivity index is 1.19. The number of fused-ring (bicyclic) bond motifs is 5. The highest BCUT2D eigenvalue weighted by atomic mass is 16.6. The molecule has 1 aliphatic carbocycles. The highest BCUT2D eigenvalue weighted by molar-refractivity contribution is 5.79. The number of aromatic nitrogens is 2. The van der Waals surface area contributed by atoms with E-state index in [1.807, 2.05) is 24.3 Å². The Bertz CT molecular complexity index is 1190. The molecule has 0 spiro atoms. The van der Waals surface area contributed by atoms with Crippen LogP contribution in [0.1, 0.15) is 35.4 Å². The van der Waals surface area contributed by atoms with E-state index in [1.54, 1.807) is 17.3 Å². The summed E-state index contributed by atoms with van der Waals surface area (Å²) < 4.78 is 16.7. The van der Waals surface area contributed by atoms with Crippen molar-refractivity contribution in [3.05, 3.63) is 77.6 Å². The van der Waals surface area contributed by atoms with Crippen LogP contribution in [0, 0.1) is 0 Å². The number of carbonyl (C=O) groups is 1. The van der Waals surface area contributed by atoms with Crippen molar-refractivity contribution < 1.29 is 24.1 Å². The molecule has 3 aliphatic rings. The van der Waals surface area contributed by atoms with Crippen LogP contribution in [0.25, 0.3) is 11.1 Å². The van der Waals surface area contributed by atoms with Gasteiger partial charge >= 0.3 is 12.1 Å². The smallest absolute Gasteiger partial charge is 0.410 e. The molecule has 2 fully saturated rings. The third-order valence-corrected chi connectivity index (χ3v) is 7.45. The molecule has 180 valence electrons. The van der Waals surface area contributed by atoms with Crippen LogP contribution < -0.4 is 4.74 Å². The van der Waals surface area contributed by atoms with Gasteiger partial charge in [0.1, 0.15) is 6.61 Å². The number of amides is 1. The molecule has 8 nitrogen and oxygen atoms in total. The van der Waals surface area contributed by atoms with Crippen molar-refractivity contribution in [2.45, 2.75) is 36.4 Å². The zero-order chi connectivity index (χ0) is 24.0. The quantitative estimate of drug-likeness (QED) is 0.620. The Kier molecular flexibility index (Phi) is 5.42.